The largest absolute Gasteiger partial charge is 0.383 e. The maximum absolute atomic E-state index is 10.9. The van der Waals surface area contributed by atoms with Gasteiger partial charge in [0, 0.05) is 31.2 Å². The van der Waals surface area contributed by atoms with Gasteiger partial charge in [0.25, 0.3) is 0 Å². The van der Waals surface area contributed by atoms with E-state index in [4.69, 9.17) is 0 Å². The average Bonchev–Trinajstić information content (AvgIpc) is 2.35. The topological polar surface area (TPSA) is 45.6 Å². The van der Waals surface area contributed by atoms with E-state index in [-0.39, 0.29) is 0 Å². The molecular formula is C13H13N3O. The highest BCUT2D eigenvalue weighted by Gasteiger charge is 2.06. The molecule has 0 radical (unpaired) electrons. The molecule has 0 fully saturated rings. The van der Waals surface area contributed by atoms with Crippen molar-refractivity contribution >= 4 is 22.7 Å². The van der Waals surface area contributed by atoms with Crippen LogP contribution in [0.5, 0.6) is 0 Å². The van der Waals surface area contributed by atoms with Crippen LogP contribution in [0.4, 0.5) is 5.69 Å². The van der Waals surface area contributed by atoms with Gasteiger partial charge in [0.05, 0.1) is 0 Å². The molecule has 0 saturated heterocycles. The Morgan fingerprint density at radius 1 is 1.29 bits per heavy atom. The van der Waals surface area contributed by atoms with Crippen LogP contribution in [0.3, 0.4) is 0 Å². The Labute approximate surface area is 99.6 Å². The fourth-order valence-electron chi connectivity index (χ4n) is 1.61. The van der Waals surface area contributed by atoms with Crippen molar-refractivity contribution in [2.75, 3.05) is 14.1 Å². The van der Waals surface area contributed by atoms with E-state index in [1.165, 1.54) is 0 Å². The molecule has 4 heteroatoms. The molecule has 4 nitrogen and oxygen atoms in total. The molecule has 17 heavy (non-hydrogen) atoms. The number of pyridine rings is 1. The van der Waals surface area contributed by atoms with E-state index in [9.17, 15) is 4.91 Å². The third kappa shape index (κ3) is 2.30. The van der Waals surface area contributed by atoms with Gasteiger partial charge in [-0.2, -0.15) is 0 Å². The third-order valence-electron chi connectivity index (χ3n) is 2.42. The smallest absolute Gasteiger partial charge is 0.141 e. The number of fused-ring (bicyclic) bond motifs is 1. The van der Waals surface area contributed by atoms with Crippen LogP contribution in [-0.4, -0.2) is 24.0 Å². The van der Waals surface area contributed by atoms with Crippen molar-refractivity contribution in [3.63, 3.8) is 0 Å². The maximum atomic E-state index is 10.9. The lowest BCUT2D eigenvalue weighted by atomic mass is 10.1. The van der Waals surface area contributed by atoms with Crippen LogP contribution in [0.25, 0.3) is 17.0 Å². The number of rotatable bonds is 3. The van der Waals surface area contributed by atoms with E-state index in [1.54, 1.807) is 6.20 Å². The summed E-state index contributed by atoms with van der Waals surface area (Å²) in [5, 5.41) is 4.01. The molecule has 0 aliphatic heterocycles. The number of hydrogen-bond donors (Lipinski definition) is 0. The van der Waals surface area contributed by atoms with E-state index in [2.05, 4.69) is 10.2 Å². The Morgan fingerprint density at radius 2 is 2.12 bits per heavy atom. The molecule has 2 rings (SSSR count). The summed E-state index contributed by atoms with van der Waals surface area (Å²) in [6, 6.07) is 7.57. The van der Waals surface area contributed by atoms with Crippen LogP contribution in [0.2, 0.25) is 0 Å². The minimum Gasteiger partial charge on any atom is -0.383 e. The number of benzene rings is 1. The minimum absolute atomic E-state index is 0.390. The van der Waals surface area contributed by atoms with Gasteiger partial charge in [-0.3, -0.25) is 4.98 Å². The van der Waals surface area contributed by atoms with Crippen molar-refractivity contribution in [1.82, 2.24) is 9.88 Å². The monoisotopic (exact) mass is 227 g/mol. The van der Waals surface area contributed by atoms with E-state index in [0.29, 0.717) is 11.2 Å². The van der Waals surface area contributed by atoms with Gasteiger partial charge in [-0.1, -0.05) is 18.2 Å². The zero-order valence-electron chi connectivity index (χ0n) is 9.79. The van der Waals surface area contributed by atoms with Crippen molar-refractivity contribution < 1.29 is 0 Å². The number of hydrogen-bond acceptors (Lipinski definition) is 4. The van der Waals surface area contributed by atoms with E-state index in [1.807, 2.05) is 55.5 Å². The van der Waals surface area contributed by atoms with Gasteiger partial charge in [0.15, 0.2) is 0 Å². The lowest BCUT2D eigenvalue weighted by Crippen LogP contribution is -1.99. The van der Waals surface area contributed by atoms with Gasteiger partial charge in [-0.25, -0.2) is 0 Å². The van der Waals surface area contributed by atoms with Crippen LogP contribution in [-0.2, 0) is 0 Å². The summed E-state index contributed by atoms with van der Waals surface area (Å²) in [5.74, 6) is 0. The third-order valence-corrected chi connectivity index (χ3v) is 2.42. The quantitative estimate of drug-likeness (QED) is 0.756. The molecule has 0 unspecified atom stereocenters. The molecule has 86 valence electrons. The number of nitrogens with zero attached hydrogens (tertiary/aromatic N) is 3. The van der Waals surface area contributed by atoms with Gasteiger partial charge in [0.2, 0.25) is 0 Å². The zero-order chi connectivity index (χ0) is 12.3. The van der Waals surface area contributed by atoms with Crippen molar-refractivity contribution in [3.8, 4) is 0 Å². The lowest BCUT2D eigenvalue weighted by Gasteiger charge is -2.05. The first kappa shape index (κ1) is 11.3. The van der Waals surface area contributed by atoms with Gasteiger partial charge in [0.1, 0.15) is 11.2 Å². The summed E-state index contributed by atoms with van der Waals surface area (Å²) >= 11 is 0. The zero-order valence-corrected chi connectivity index (χ0v) is 9.79. The molecule has 0 saturated carbocycles. The highest BCUT2D eigenvalue weighted by atomic mass is 16.3. The number of aromatic nitrogens is 1. The molecule has 0 aliphatic rings. The molecule has 2 aromatic rings. The summed E-state index contributed by atoms with van der Waals surface area (Å²) in [5.41, 5.74) is 1.81. The molecule has 0 amide bonds. The highest BCUT2D eigenvalue weighted by molar-refractivity contribution is 5.93. The Balaban J connectivity index is 2.61. The second-order valence-corrected chi connectivity index (χ2v) is 3.95. The molecule has 1 aromatic carbocycles. The molecule has 1 aromatic heterocycles. The summed E-state index contributed by atoms with van der Waals surface area (Å²) < 4.78 is 0. The highest BCUT2D eigenvalue weighted by Crippen LogP contribution is 2.29. The van der Waals surface area contributed by atoms with Gasteiger partial charge >= 0.3 is 0 Å². The maximum Gasteiger partial charge on any atom is 0.141 e. The second kappa shape index (κ2) is 4.74. The summed E-state index contributed by atoms with van der Waals surface area (Å²) in [7, 11) is 3.84. The molecule has 1 heterocycles. The van der Waals surface area contributed by atoms with Crippen molar-refractivity contribution in [3.05, 3.63) is 47.1 Å². The van der Waals surface area contributed by atoms with Crippen molar-refractivity contribution in [2.45, 2.75) is 0 Å². The van der Waals surface area contributed by atoms with Crippen LogP contribution < -0.4 is 0 Å². The fraction of sp³-hybridized carbons (Fsp3) is 0.154. The molecule has 0 bridgehead atoms. The van der Waals surface area contributed by atoms with Crippen LogP contribution >= 0.6 is 0 Å². The Hall–Kier alpha value is -2.23. The second-order valence-electron chi connectivity index (χ2n) is 3.95. The minimum atomic E-state index is 0.390. The molecule has 0 atom stereocenters. The Bertz CT molecular complexity index is 576. The molecule has 0 aliphatic carbocycles. The van der Waals surface area contributed by atoms with Gasteiger partial charge in [-0.05, 0) is 23.5 Å². The Kier molecular flexibility index (Phi) is 3.14. The summed E-state index contributed by atoms with van der Waals surface area (Å²) in [6.07, 6.45) is 5.39. The van der Waals surface area contributed by atoms with Crippen LogP contribution in [0, 0.1) is 4.91 Å². The van der Waals surface area contributed by atoms with E-state index in [0.717, 1.165) is 10.9 Å². The summed E-state index contributed by atoms with van der Waals surface area (Å²) in [4.78, 5) is 17.0. The fourth-order valence-corrected chi connectivity index (χ4v) is 1.61. The van der Waals surface area contributed by atoms with Gasteiger partial charge in [-0.15, -0.1) is 4.91 Å². The van der Waals surface area contributed by atoms with Crippen LogP contribution in [0.15, 0.2) is 41.8 Å². The normalized spacial score (nSPS) is 10.9. The average molecular weight is 227 g/mol. The Morgan fingerprint density at radius 3 is 2.82 bits per heavy atom. The first-order valence-electron chi connectivity index (χ1n) is 5.28. The molecular weight excluding hydrogens is 214 g/mol. The van der Waals surface area contributed by atoms with Gasteiger partial charge < -0.3 is 4.90 Å². The van der Waals surface area contributed by atoms with E-state index < -0.39 is 0 Å². The predicted octanol–water partition coefficient (Wildman–Crippen LogP) is 3.17. The van der Waals surface area contributed by atoms with Crippen LogP contribution in [0.1, 0.15) is 5.56 Å². The SMILES string of the molecule is CN(C)/C=C/c1ccc2cccnc2c1N=O. The lowest BCUT2D eigenvalue weighted by molar-refractivity contribution is 0.567. The predicted molar refractivity (Wildman–Crippen MR) is 69.9 cm³/mol. The van der Waals surface area contributed by atoms with Crippen molar-refractivity contribution in [1.29, 1.82) is 0 Å². The standard InChI is InChI=1S/C13H13N3O/c1-16(2)9-7-11-6-5-10-4-3-8-14-12(10)13(11)15-17/h3-9H,1-2H3/b9-7+. The summed E-state index contributed by atoms with van der Waals surface area (Å²) in [6.45, 7) is 0. The number of nitroso groups, excluding NO2 is 1. The van der Waals surface area contributed by atoms with E-state index >= 15 is 0 Å². The van der Waals surface area contributed by atoms with Crippen molar-refractivity contribution in [2.24, 2.45) is 5.18 Å². The molecule has 0 spiro atoms. The first-order chi connectivity index (χ1) is 8.22. The molecule has 0 N–H and O–H groups in total. The first-order valence-corrected chi connectivity index (χ1v) is 5.28.